The van der Waals surface area contributed by atoms with E-state index < -0.39 is 5.41 Å². The Hall–Kier alpha value is -0.570. The normalized spacial score (nSPS) is 27.5. The molecule has 2 unspecified atom stereocenters. The topological polar surface area (TPSA) is 40.5 Å². The molecule has 1 amide bonds. The Balaban J connectivity index is 0.000000686. The van der Waals surface area contributed by atoms with Crippen LogP contribution in [0.1, 0.15) is 47.0 Å². The summed E-state index contributed by atoms with van der Waals surface area (Å²) in [7, 11) is 0. The molecule has 1 aliphatic carbocycles. The SMILES string of the molecule is CC.CC(C)(CO)C(=O)N1CC2CCCC2C1. The van der Waals surface area contributed by atoms with Crippen LogP contribution in [0.3, 0.4) is 0 Å². The predicted octanol–water partition coefficient (Wildman–Crippen LogP) is 2.29. The molecule has 0 aromatic heterocycles. The number of carbonyl (C=O) groups excluding carboxylic acids is 1. The molecule has 3 nitrogen and oxygen atoms in total. The van der Waals surface area contributed by atoms with Gasteiger partial charge in [-0.2, -0.15) is 0 Å². The summed E-state index contributed by atoms with van der Waals surface area (Å²) in [6.07, 6.45) is 3.91. The lowest BCUT2D eigenvalue weighted by molar-refractivity contribution is -0.141. The maximum Gasteiger partial charge on any atom is 0.230 e. The second kappa shape index (κ2) is 5.85. The first kappa shape index (κ1) is 14.5. The lowest BCUT2D eigenvalue weighted by Gasteiger charge is -2.27. The molecule has 3 heteroatoms. The quantitative estimate of drug-likeness (QED) is 0.806. The first-order chi connectivity index (χ1) is 8.04. The maximum atomic E-state index is 12.1. The van der Waals surface area contributed by atoms with Gasteiger partial charge in [0.05, 0.1) is 12.0 Å². The fraction of sp³-hybridized carbons (Fsp3) is 0.929. The van der Waals surface area contributed by atoms with Crippen LogP contribution in [0.2, 0.25) is 0 Å². The number of fused-ring (bicyclic) bond motifs is 1. The molecule has 0 bridgehead atoms. The Morgan fingerprint density at radius 2 is 1.71 bits per heavy atom. The molecule has 0 aromatic carbocycles. The third-order valence-electron chi connectivity index (χ3n) is 3.99. The van der Waals surface area contributed by atoms with Crippen molar-refractivity contribution in [1.82, 2.24) is 4.90 Å². The summed E-state index contributed by atoms with van der Waals surface area (Å²) in [5, 5.41) is 9.18. The van der Waals surface area contributed by atoms with E-state index in [0.29, 0.717) is 0 Å². The lowest BCUT2D eigenvalue weighted by Crippen LogP contribution is -2.42. The van der Waals surface area contributed by atoms with Crippen molar-refractivity contribution in [1.29, 1.82) is 0 Å². The van der Waals surface area contributed by atoms with Gasteiger partial charge < -0.3 is 10.0 Å². The number of aliphatic hydroxyl groups is 1. The Bertz CT molecular complexity index is 251. The molecule has 2 aliphatic rings. The molecule has 0 radical (unpaired) electrons. The molecular formula is C14H27NO2. The Labute approximate surface area is 105 Å². The monoisotopic (exact) mass is 241 g/mol. The summed E-state index contributed by atoms with van der Waals surface area (Å²) < 4.78 is 0. The summed E-state index contributed by atoms with van der Waals surface area (Å²) >= 11 is 0. The van der Waals surface area contributed by atoms with Crippen LogP contribution in [0.15, 0.2) is 0 Å². The Morgan fingerprint density at radius 1 is 1.24 bits per heavy atom. The molecule has 17 heavy (non-hydrogen) atoms. The second-order valence-electron chi connectivity index (χ2n) is 5.70. The zero-order chi connectivity index (χ0) is 13.1. The van der Waals surface area contributed by atoms with Gasteiger partial charge in [0.15, 0.2) is 0 Å². The van der Waals surface area contributed by atoms with Crippen molar-refractivity contribution in [2.24, 2.45) is 17.3 Å². The highest BCUT2D eigenvalue weighted by molar-refractivity contribution is 5.82. The first-order valence-electron chi connectivity index (χ1n) is 6.95. The molecule has 1 saturated heterocycles. The maximum absolute atomic E-state index is 12.1. The van der Waals surface area contributed by atoms with E-state index in [2.05, 4.69) is 0 Å². The van der Waals surface area contributed by atoms with Crippen LogP contribution in [0.25, 0.3) is 0 Å². The second-order valence-corrected chi connectivity index (χ2v) is 5.70. The molecule has 1 N–H and O–H groups in total. The van der Waals surface area contributed by atoms with Crippen molar-refractivity contribution in [3.63, 3.8) is 0 Å². The van der Waals surface area contributed by atoms with Crippen LogP contribution in [0.4, 0.5) is 0 Å². The van der Waals surface area contributed by atoms with Gasteiger partial charge in [0, 0.05) is 13.1 Å². The third-order valence-corrected chi connectivity index (χ3v) is 3.99. The smallest absolute Gasteiger partial charge is 0.230 e. The van der Waals surface area contributed by atoms with Crippen molar-refractivity contribution in [3.05, 3.63) is 0 Å². The van der Waals surface area contributed by atoms with E-state index >= 15 is 0 Å². The van der Waals surface area contributed by atoms with Crippen LogP contribution in [0, 0.1) is 17.3 Å². The third kappa shape index (κ3) is 3.01. The van der Waals surface area contributed by atoms with Gasteiger partial charge in [-0.15, -0.1) is 0 Å². The molecule has 0 aromatic rings. The minimum atomic E-state index is -0.599. The van der Waals surface area contributed by atoms with Gasteiger partial charge in [0.25, 0.3) is 0 Å². The fourth-order valence-electron chi connectivity index (χ4n) is 2.90. The number of rotatable bonds is 2. The number of nitrogens with zero attached hydrogens (tertiary/aromatic N) is 1. The highest BCUT2D eigenvalue weighted by Crippen LogP contribution is 2.38. The molecule has 1 heterocycles. The Morgan fingerprint density at radius 3 is 2.12 bits per heavy atom. The minimum absolute atomic E-state index is 0.0579. The molecule has 2 rings (SSSR count). The van der Waals surface area contributed by atoms with Crippen LogP contribution in [0.5, 0.6) is 0 Å². The lowest BCUT2D eigenvalue weighted by atomic mass is 9.93. The average molecular weight is 241 g/mol. The molecule has 1 saturated carbocycles. The van der Waals surface area contributed by atoms with Crippen LogP contribution in [-0.4, -0.2) is 35.6 Å². The zero-order valence-electron chi connectivity index (χ0n) is 11.7. The van der Waals surface area contributed by atoms with Crippen molar-refractivity contribution < 1.29 is 9.90 Å². The van der Waals surface area contributed by atoms with E-state index in [4.69, 9.17) is 0 Å². The summed E-state index contributed by atoms with van der Waals surface area (Å²) in [5.41, 5.74) is -0.599. The summed E-state index contributed by atoms with van der Waals surface area (Å²) in [6.45, 7) is 9.43. The molecule has 0 spiro atoms. The fourth-order valence-corrected chi connectivity index (χ4v) is 2.90. The van der Waals surface area contributed by atoms with Gasteiger partial charge in [-0.3, -0.25) is 4.79 Å². The van der Waals surface area contributed by atoms with Gasteiger partial charge in [-0.05, 0) is 38.5 Å². The van der Waals surface area contributed by atoms with Crippen LogP contribution in [-0.2, 0) is 4.79 Å². The van der Waals surface area contributed by atoms with Crippen molar-refractivity contribution in [2.45, 2.75) is 47.0 Å². The van der Waals surface area contributed by atoms with Gasteiger partial charge in [-0.25, -0.2) is 0 Å². The standard InChI is InChI=1S/C12H21NO2.C2H6/c1-12(2,8-14)11(15)13-6-9-4-3-5-10(9)7-13;1-2/h9-10,14H,3-8H2,1-2H3;1-2H3. The molecule has 100 valence electrons. The zero-order valence-corrected chi connectivity index (χ0v) is 11.7. The summed E-state index contributed by atoms with van der Waals surface area (Å²) in [6, 6.07) is 0. The van der Waals surface area contributed by atoms with Gasteiger partial charge in [-0.1, -0.05) is 20.3 Å². The molecule has 2 atom stereocenters. The number of hydrogen-bond donors (Lipinski definition) is 1. The first-order valence-corrected chi connectivity index (χ1v) is 6.95. The summed E-state index contributed by atoms with van der Waals surface area (Å²) in [4.78, 5) is 14.1. The number of aliphatic hydroxyl groups excluding tert-OH is 1. The van der Waals surface area contributed by atoms with Crippen molar-refractivity contribution >= 4 is 5.91 Å². The van der Waals surface area contributed by atoms with E-state index in [1.807, 2.05) is 32.6 Å². The van der Waals surface area contributed by atoms with E-state index in [1.54, 1.807) is 0 Å². The average Bonchev–Trinajstić information content (AvgIpc) is 2.90. The van der Waals surface area contributed by atoms with Crippen LogP contribution < -0.4 is 0 Å². The molecule has 1 aliphatic heterocycles. The van der Waals surface area contributed by atoms with E-state index in [-0.39, 0.29) is 12.5 Å². The Kier molecular flexibility index (Phi) is 4.99. The highest BCUT2D eigenvalue weighted by Gasteiger charge is 2.41. The number of amides is 1. The van der Waals surface area contributed by atoms with Crippen molar-refractivity contribution in [3.8, 4) is 0 Å². The molecular weight excluding hydrogens is 214 g/mol. The van der Waals surface area contributed by atoms with E-state index in [1.165, 1.54) is 19.3 Å². The number of hydrogen-bond acceptors (Lipinski definition) is 2. The van der Waals surface area contributed by atoms with E-state index in [0.717, 1.165) is 24.9 Å². The number of carbonyl (C=O) groups is 1. The minimum Gasteiger partial charge on any atom is -0.395 e. The van der Waals surface area contributed by atoms with Gasteiger partial charge in [0.2, 0.25) is 5.91 Å². The highest BCUT2D eigenvalue weighted by atomic mass is 16.3. The van der Waals surface area contributed by atoms with Gasteiger partial charge in [0.1, 0.15) is 0 Å². The van der Waals surface area contributed by atoms with Crippen LogP contribution >= 0.6 is 0 Å². The number of likely N-dealkylation sites (tertiary alicyclic amines) is 1. The largest absolute Gasteiger partial charge is 0.395 e. The van der Waals surface area contributed by atoms with E-state index in [9.17, 15) is 9.90 Å². The predicted molar refractivity (Wildman–Crippen MR) is 69.6 cm³/mol. The van der Waals surface area contributed by atoms with Crippen molar-refractivity contribution in [2.75, 3.05) is 19.7 Å². The van der Waals surface area contributed by atoms with Gasteiger partial charge >= 0.3 is 0 Å². The molecule has 2 fully saturated rings. The summed E-state index contributed by atoms with van der Waals surface area (Å²) in [5.74, 6) is 1.60.